The lowest BCUT2D eigenvalue weighted by Gasteiger charge is -2.39. The van der Waals surface area contributed by atoms with Crippen LogP contribution in [0.4, 0.5) is 14.5 Å². The summed E-state index contributed by atoms with van der Waals surface area (Å²) < 4.78 is 33.8. The molecule has 41 heavy (non-hydrogen) atoms. The Hall–Kier alpha value is -2.58. The standard InChI is InChI=1S/C33H45F2N3O3/c1-22-5-7-26(8-6-22)32(40)38(27-9-11-28(39)12-10-27)30-14-13-29(18-23(30)2)41-31-24(3)17-25(19-36-31)20-37-16-4-15-33(34,35)21-37/h13-14,17-19,22,26-28,39H,4-12,15-16,20-21H2,1-3H3/t22-,26-,27-,28-. The third-order valence-electron chi connectivity index (χ3n) is 9.24. The molecule has 2 aliphatic carbocycles. The summed E-state index contributed by atoms with van der Waals surface area (Å²) in [7, 11) is 0. The Kier molecular flexibility index (Phi) is 9.29. The average Bonchev–Trinajstić information content (AvgIpc) is 2.92. The van der Waals surface area contributed by atoms with Crippen molar-refractivity contribution >= 4 is 11.6 Å². The minimum Gasteiger partial charge on any atom is -0.439 e. The highest BCUT2D eigenvalue weighted by atomic mass is 19.3. The lowest BCUT2D eigenvalue weighted by atomic mass is 9.81. The van der Waals surface area contributed by atoms with Gasteiger partial charge in [0, 0.05) is 42.4 Å². The van der Waals surface area contributed by atoms with Crippen LogP contribution in [0.5, 0.6) is 11.6 Å². The zero-order valence-electron chi connectivity index (χ0n) is 24.7. The van der Waals surface area contributed by atoms with E-state index in [9.17, 15) is 18.7 Å². The summed E-state index contributed by atoms with van der Waals surface area (Å²) in [5, 5.41) is 10.1. The number of carbonyl (C=O) groups is 1. The fourth-order valence-electron chi connectivity index (χ4n) is 6.84. The quantitative estimate of drug-likeness (QED) is 0.383. The Labute approximate surface area is 243 Å². The number of aliphatic hydroxyl groups is 1. The molecule has 0 spiro atoms. The Balaban J connectivity index is 1.30. The molecule has 1 saturated heterocycles. The van der Waals surface area contributed by atoms with Crippen molar-refractivity contribution < 1.29 is 23.4 Å². The molecular weight excluding hydrogens is 524 g/mol. The van der Waals surface area contributed by atoms with Crippen molar-refractivity contribution in [2.24, 2.45) is 11.8 Å². The Morgan fingerprint density at radius 3 is 2.46 bits per heavy atom. The number of aryl methyl sites for hydroxylation is 2. The Morgan fingerprint density at radius 2 is 1.80 bits per heavy atom. The number of nitrogens with zero attached hydrogens (tertiary/aromatic N) is 3. The number of hydrogen-bond acceptors (Lipinski definition) is 5. The number of anilines is 1. The van der Waals surface area contributed by atoms with Crippen molar-refractivity contribution in [1.82, 2.24) is 9.88 Å². The first-order valence-corrected chi connectivity index (χ1v) is 15.4. The van der Waals surface area contributed by atoms with Crippen molar-refractivity contribution in [2.45, 2.75) is 110 Å². The molecule has 1 amide bonds. The smallest absolute Gasteiger partial charge is 0.260 e. The molecule has 1 aromatic carbocycles. The van der Waals surface area contributed by atoms with Crippen LogP contribution in [-0.4, -0.2) is 52.1 Å². The summed E-state index contributed by atoms with van der Waals surface area (Å²) in [6.07, 6.45) is 9.00. The third kappa shape index (κ3) is 7.44. The second-order valence-corrected chi connectivity index (χ2v) is 12.8. The van der Waals surface area contributed by atoms with Gasteiger partial charge >= 0.3 is 0 Å². The molecule has 5 rings (SSSR count). The molecule has 1 aromatic heterocycles. The van der Waals surface area contributed by atoms with E-state index in [1.165, 1.54) is 0 Å². The average molecular weight is 570 g/mol. The van der Waals surface area contributed by atoms with Gasteiger partial charge in [-0.25, -0.2) is 13.8 Å². The summed E-state index contributed by atoms with van der Waals surface area (Å²) in [5.41, 5.74) is 3.62. The van der Waals surface area contributed by atoms with Gasteiger partial charge in [0.05, 0.1) is 12.6 Å². The van der Waals surface area contributed by atoms with Crippen LogP contribution in [0.1, 0.15) is 87.8 Å². The van der Waals surface area contributed by atoms with Crippen LogP contribution in [0.2, 0.25) is 0 Å². The first-order chi connectivity index (χ1) is 19.6. The van der Waals surface area contributed by atoms with Crippen LogP contribution in [-0.2, 0) is 11.3 Å². The minimum absolute atomic E-state index is 0.0404. The highest BCUT2D eigenvalue weighted by Crippen LogP contribution is 2.37. The maximum atomic E-state index is 13.9. The fraction of sp³-hybridized carbons (Fsp3) is 0.636. The topological polar surface area (TPSA) is 65.9 Å². The van der Waals surface area contributed by atoms with Crippen molar-refractivity contribution in [1.29, 1.82) is 0 Å². The molecule has 1 aliphatic heterocycles. The molecule has 224 valence electrons. The number of amides is 1. The SMILES string of the molecule is Cc1cc(Oc2ncc(CN3CCCC(F)(F)C3)cc2C)ccc1N(C(=O)[C@H]1CC[C@H](C)CC1)[C@H]1CC[C@H](O)CC1. The number of aliphatic hydroxyl groups excluding tert-OH is 1. The summed E-state index contributed by atoms with van der Waals surface area (Å²) in [4.78, 5) is 22.3. The van der Waals surface area contributed by atoms with Gasteiger partial charge in [0.2, 0.25) is 11.8 Å². The normalized spacial score (nSPS) is 26.9. The van der Waals surface area contributed by atoms with Gasteiger partial charge in [0.25, 0.3) is 5.92 Å². The molecule has 3 fully saturated rings. The molecule has 2 aromatic rings. The number of carbonyl (C=O) groups excluding carboxylic acids is 1. The highest BCUT2D eigenvalue weighted by molar-refractivity contribution is 5.96. The summed E-state index contributed by atoms with van der Waals surface area (Å²) >= 11 is 0. The molecule has 0 radical (unpaired) electrons. The van der Waals surface area contributed by atoms with Gasteiger partial charge in [-0.2, -0.15) is 0 Å². The number of pyridine rings is 1. The Bertz CT molecular complexity index is 1210. The lowest BCUT2D eigenvalue weighted by Crippen LogP contribution is -2.47. The number of hydrogen-bond donors (Lipinski definition) is 1. The first-order valence-electron chi connectivity index (χ1n) is 15.4. The predicted molar refractivity (Wildman–Crippen MR) is 157 cm³/mol. The molecule has 1 N–H and O–H groups in total. The number of rotatable bonds is 7. The molecular formula is C33H45F2N3O3. The molecule has 2 heterocycles. The number of likely N-dealkylation sites (tertiary alicyclic amines) is 1. The number of ether oxygens (including phenoxy) is 1. The summed E-state index contributed by atoms with van der Waals surface area (Å²) in [5.74, 6) is -0.555. The molecule has 6 nitrogen and oxygen atoms in total. The van der Waals surface area contributed by atoms with E-state index in [1.807, 2.05) is 43.0 Å². The van der Waals surface area contributed by atoms with Gasteiger partial charge in [0.15, 0.2) is 0 Å². The van der Waals surface area contributed by atoms with Crippen molar-refractivity contribution in [3.63, 3.8) is 0 Å². The zero-order chi connectivity index (χ0) is 29.1. The molecule has 3 aliphatic rings. The molecule has 0 unspecified atom stereocenters. The largest absolute Gasteiger partial charge is 0.439 e. The number of aromatic nitrogens is 1. The van der Waals surface area contributed by atoms with E-state index in [4.69, 9.17) is 4.74 Å². The second-order valence-electron chi connectivity index (χ2n) is 12.8. The van der Waals surface area contributed by atoms with Gasteiger partial charge in [-0.05, 0) is 119 Å². The van der Waals surface area contributed by atoms with Gasteiger partial charge in [-0.3, -0.25) is 9.69 Å². The maximum absolute atomic E-state index is 13.9. The van der Waals surface area contributed by atoms with Crippen LogP contribution < -0.4 is 9.64 Å². The number of alkyl halides is 2. The second kappa shape index (κ2) is 12.7. The molecule has 0 bridgehead atoms. The fourth-order valence-corrected chi connectivity index (χ4v) is 6.84. The van der Waals surface area contributed by atoms with E-state index in [-0.39, 0.29) is 36.9 Å². The van der Waals surface area contributed by atoms with Crippen molar-refractivity contribution in [3.05, 3.63) is 47.2 Å². The Morgan fingerprint density at radius 1 is 1.07 bits per heavy atom. The third-order valence-corrected chi connectivity index (χ3v) is 9.24. The maximum Gasteiger partial charge on any atom is 0.260 e. The van der Waals surface area contributed by atoms with Crippen LogP contribution in [0.25, 0.3) is 0 Å². The predicted octanol–water partition coefficient (Wildman–Crippen LogP) is 7.18. The van der Waals surface area contributed by atoms with Crippen LogP contribution >= 0.6 is 0 Å². The number of benzene rings is 1. The highest BCUT2D eigenvalue weighted by Gasteiger charge is 2.36. The molecule has 2 saturated carbocycles. The zero-order valence-corrected chi connectivity index (χ0v) is 24.7. The van der Waals surface area contributed by atoms with Gasteiger partial charge in [-0.1, -0.05) is 6.92 Å². The van der Waals surface area contributed by atoms with Gasteiger partial charge in [-0.15, -0.1) is 0 Å². The van der Waals surface area contributed by atoms with Crippen molar-refractivity contribution in [3.8, 4) is 11.6 Å². The van der Waals surface area contributed by atoms with E-state index in [0.29, 0.717) is 37.1 Å². The van der Waals surface area contributed by atoms with Crippen LogP contribution in [0, 0.1) is 25.7 Å². The molecule has 0 atom stereocenters. The monoisotopic (exact) mass is 569 g/mol. The lowest BCUT2D eigenvalue weighted by molar-refractivity contribution is -0.124. The minimum atomic E-state index is -2.62. The number of piperidine rings is 1. The summed E-state index contributed by atoms with van der Waals surface area (Å²) in [6, 6.07) is 7.89. The van der Waals surface area contributed by atoms with E-state index in [2.05, 4.69) is 11.9 Å². The molecule has 8 heteroatoms. The van der Waals surface area contributed by atoms with Gasteiger partial charge < -0.3 is 14.7 Å². The van der Waals surface area contributed by atoms with E-state index in [1.54, 1.807) is 11.1 Å². The number of halogens is 2. The van der Waals surface area contributed by atoms with Crippen molar-refractivity contribution in [2.75, 3.05) is 18.0 Å². The van der Waals surface area contributed by atoms with Gasteiger partial charge in [0.1, 0.15) is 5.75 Å². The van der Waals surface area contributed by atoms with Crippen LogP contribution in [0.15, 0.2) is 30.5 Å². The van der Waals surface area contributed by atoms with E-state index >= 15 is 0 Å². The van der Waals surface area contributed by atoms with E-state index < -0.39 is 5.92 Å². The first kappa shape index (κ1) is 29.9. The van der Waals surface area contributed by atoms with Crippen LogP contribution in [0.3, 0.4) is 0 Å². The van der Waals surface area contributed by atoms with E-state index in [0.717, 1.165) is 73.7 Å². The summed E-state index contributed by atoms with van der Waals surface area (Å²) in [6.45, 7) is 7.10.